The van der Waals surface area contributed by atoms with E-state index in [1.165, 1.54) is 0 Å². The maximum atomic E-state index is 15.1. The van der Waals surface area contributed by atoms with Crippen molar-refractivity contribution >= 4 is 16.6 Å². The molecule has 0 bridgehead atoms. The number of halogens is 1. The van der Waals surface area contributed by atoms with E-state index in [9.17, 15) is 0 Å². The second kappa shape index (κ2) is 5.74. The number of benzene rings is 2. The first-order valence-electron chi connectivity index (χ1n) is 7.59. The van der Waals surface area contributed by atoms with Crippen LogP contribution in [0.5, 0.6) is 0 Å². The molecule has 0 radical (unpaired) electrons. The summed E-state index contributed by atoms with van der Waals surface area (Å²) < 4.78 is 15.1. The van der Waals surface area contributed by atoms with Gasteiger partial charge in [0.15, 0.2) is 5.82 Å². The highest BCUT2D eigenvalue weighted by Gasteiger charge is 2.15. The number of hydrogen-bond donors (Lipinski definition) is 1. The van der Waals surface area contributed by atoms with Crippen LogP contribution in [-0.2, 0) is 0 Å². The molecule has 0 aliphatic heterocycles. The van der Waals surface area contributed by atoms with Crippen LogP contribution in [-0.4, -0.2) is 9.97 Å². The van der Waals surface area contributed by atoms with Crippen molar-refractivity contribution in [2.75, 3.05) is 5.73 Å². The van der Waals surface area contributed by atoms with E-state index in [0.29, 0.717) is 22.5 Å². The van der Waals surface area contributed by atoms with Crippen molar-refractivity contribution in [1.82, 2.24) is 9.97 Å². The highest BCUT2D eigenvalue weighted by atomic mass is 19.1. The molecule has 3 nitrogen and oxygen atoms in total. The van der Waals surface area contributed by atoms with E-state index in [1.54, 1.807) is 24.4 Å². The number of para-hydroxylation sites is 2. The molecule has 4 rings (SSSR count). The van der Waals surface area contributed by atoms with E-state index in [1.807, 2.05) is 48.5 Å². The first-order valence-corrected chi connectivity index (χ1v) is 7.59. The lowest BCUT2D eigenvalue weighted by atomic mass is 10.0. The van der Waals surface area contributed by atoms with Gasteiger partial charge in [-0.05, 0) is 24.3 Å². The summed E-state index contributed by atoms with van der Waals surface area (Å²) in [5.41, 5.74) is 9.08. The molecule has 0 spiro atoms. The number of nitrogens with two attached hydrogens (primary N) is 1. The minimum atomic E-state index is -0.418. The number of aromatic nitrogens is 2. The van der Waals surface area contributed by atoms with Gasteiger partial charge in [0, 0.05) is 28.4 Å². The molecule has 0 fully saturated rings. The predicted molar refractivity (Wildman–Crippen MR) is 94.8 cm³/mol. The number of fused-ring (bicyclic) bond motifs is 1. The average molecular weight is 315 g/mol. The van der Waals surface area contributed by atoms with Crippen molar-refractivity contribution in [3.63, 3.8) is 0 Å². The maximum absolute atomic E-state index is 15.1. The fourth-order valence-corrected chi connectivity index (χ4v) is 2.76. The summed E-state index contributed by atoms with van der Waals surface area (Å²) in [4.78, 5) is 8.74. The summed E-state index contributed by atoms with van der Waals surface area (Å²) in [6, 6.07) is 20.3. The number of rotatable bonds is 2. The molecule has 2 aromatic heterocycles. The Morgan fingerprint density at radius 1 is 0.792 bits per heavy atom. The second-order valence-electron chi connectivity index (χ2n) is 5.50. The molecular formula is C20H14FN3. The van der Waals surface area contributed by atoms with Gasteiger partial charge in [-0.15, -0.1) is 0 Å². The zero-order chi connectivity index (χ0) is 16.5. The van der Waals surface area contributed by atoms with Crippen LogP contribution in [0.4, 0.5) is 10.1 Å². The van der Waals surface area contributed by atoms with Crippen LogP contribution < -0.4 is 5.73 Å². The Kier molecular flexibility index (Phi) is 3.43. The zero-order valence-corrected chi connectivity index (χ0v) is 12.8. The van der Waals surface area contributed by atoms with Crippen LogP contribution in [0.3, 0.4) is 0 Å². The molecule has 2 N–H and O–H groups in total. The van der Waals surface area contributed by atoms with Crippen molar-refractivity contribution in [3.05, 3.63) is 78.7 Å². The molecule has 2 aromatic carbocycles. The first-order chi connectivity index (χ1) is 11.7. The number of hydrogen-bond acceptors (Lipinski definition) is 3. The van der Waals surface area contributed by atoms with E-state index in [-0.39, 0.29) is 5.69 Å². The molecule has 4 aromatic rings. The van der Waals surface area contributed by atoms with Crippen molar-refractivity contribution in [3.8, 4) is 22.5 Å². The van der Waals surface area contributed by atoms with Gasteiger partial charge < -0.3 is 5.73 Å². The number of anilines is 1. The summed E-state index contributed by atoms with van der Waals surface area (Å²) in [7, 11) is 0. The Balaban J connectivity index is 1.90. The van der Waals surface area contributed by atoms with Crippen molar-refractivity contribution in [2.45, 2.75) is 0 Å². The van der Waals surface area contributed by atoms with Crippen LogP contribution >= 0.6 is 0 Å². The minimum Gasteiger partial charge on any atom is -0.398 e. The molecule has 116 valence electrons. The Hall–Kier alpha value is -3.27. The van der Waals surface area contributed by atoms with Gasteiger partial charge in [-0.2, -0.15) is 0 Å². The summed E-state index contributed by atoms with van der Waals surface area (Å²) in [5.74, 6) is -0.418. The van der Waals surface area contributed by atoms with Gasteiger partial charge in [0.1, 0.15) is 5.69 Å². The van der Waals surface area contributed by atoms with E-state index >= 15 is 4.39 Å². The average Bonchev–Trinajstić information content (AvgIpc) is 2.62. The van der Waals surface area contributed by atoms with Crippen LogP contribution in [0.15, 0.2) is 72.9 Å². The standard InChI is InChI=1S/C20H14FN3/c21-19-15(18-10-9-13-5-1-4-8-17(13)24-18)11-12-23-20(19)14-6-2-3-7-16(14)22/h1-12H,22H2. The molecule has 4 heteroatoms. The van der Waals surface area contributed by atoms with Crippen molar-refractivity contribution in [1.29, 1.82) is 0 Å². The lowest BCUT2D eigenvalue weighted by molar-refractivity contribution is 0.629. The topological polar surface area (TPSA) is 51.8 Å². The van der Waals surface area contributed by atoms with Crippen molar-refractivity contribution < 1.29 is 4.39 Å². The fraction of sp³-hybridized carbons (Fsp3) is 0. The van der Waals surface area contributed by atoms with Crippen LogP contribution in [0.2, 0.25) is 0 Å². The SMILES string of the molecule is Nc1ccccc1-c1nccc(-c2ccc3ccccc3n2)c1F. The van der Waals surface area contributed by atoms with Gasteiger partial charge in [-0.3, -0.25) is 4.98 Å². The van der Waals surface area contributed by atoms with Gasteiger partial charge in [0.2, 0.25) is 0 Å². The molecule has 0 saturated carbocycles. The third-order valence-electron chi connectivity index (χ3n) is 3.98. The number of pyridine rings is 2. The Morgan fingerprint density at radius 2 is 1.58 bits per heavy atom. The molecule has 24 heavy (non-hydrogen) atoms. The summed E-state index contributed by atoms with van der Waals surface area (Å²) in [6.45, 7) is 0. The second-order valence-corrected chi connectivity index (χ2v) is 5.50. The van der Waals surface area contributed by atoms with Crippen LogP contribution in [0, 0.1) is 5.82 Å². The predicted octanol–water partition coefficient (Wildman–Crippen LogP) is 4.69. The van der Waals surface area contributed by atoms with Gasteiger partial charge in [0.05, 0.1) is 11.2 Å². The fourth-order valence-electron chi connectivity index (χ4n) is 2.76. The Labute approximate surface area is 138 Å². The smallest absolute Gasteiger partial charge is 0.158 e. The third kappa shape index (κ3) is 2.38. The zero-order valence-electron chi connectivity index (χ0n) is 12.8. The van der Waals surface area contributed by atoms with E-state index in [2.05, 4.69) is 9.97 Å². The van der Waals surface area contributed by atoms with E-state index in [0.717, 1.165) is 10.9 Å². The molecule has 0 amide bonds. The van der Waals surface area contributed by atoms with Gasteiger partial charge in [-0.25, -0.2) is 9.37 Å². The van der Waals surface area contributed by atoms with Gasteiger partial charge >= 0.3 is 0 Å². The summed E-state index contributed by atoms with van der Waals surface area (Å²) in [6.07, 6.45) is 1.58. The third-order valence-corrected chi connectivity index (χ3v) is 3.98. The van der Waals surface area contributed by atoms with Crippen LogP contribution in [0.25, 0.3) is 33.4 Å². The normalized spacial score (nSPS) is 10.9. The highest BCUT2D eigenvalue weighted by molar-refractivity contribution is 5.83. The quantitative estimate of drug-likeness (QED) is 0.546. The Bertz CT molecular complexity index is 1040. The van der Waals surface area contributed by atoms with Gasteiger partial charge in [0.25, 0.3) is 0 Å². The molecule has 2 heterocycles. The van der Waals surface area contributed by atoms with Crippen molar-refractivity contribution in [2.24, 2.45) is 0 Å². The van der Waals surface area contributed by atoms with E-state index < -0.39 is 5.82 Å². The molecule has 0 aliphatic carbocycles. The van der Waals surface area contributed by atoms with Crippen LogP contribution in [0.1, 0.15) is 0 Å². The lowest BCUT2D eigenvalue weighted by Gasteiger charge is -2.10. The summed E-state index contributed by atoms with van der Waals surface area (Å²) >= 11 is 0. The monoisotopic (exact) mass is 315 g/mol. The number of nitrogens with zero attached hydrogens (tertiary/aromatic N) is 2. The number of nitrogen functional groups attached to an aromatic ring is 1. The molecule has 0 unspecified atom stereocenters. The largest absolute Gasteiger partial charge is 0.398 e. The minimum absolute atomic E-state index is 0.237. The maximum Gasteiger partial charge on any atom is 0.158 e. The Morgan fingerprint density at radius 3 is 2.46 bits per heavy atom. The molecule has 0 atom stereocenters. The molecule has 0 saturated heterocycles. The summed E-state index contributed by atoms with van der Waals surface area (Å²) in [5, 5.41) is 1.02. The molecular weight excluding hydrogens is 301 g/mol. The first kappa shape index (κ1) is 14.3. The highest BCUT2D eigenvalue weighted by Crippen LogP contribution is 2.31. The molecule has 0 aliphatic rings. The van der Waals surface area contributed by atoms with Gasteiger partial charge in [-0.1, -0.05) is 42.5 Å². The lowest BCUT2D eigenvalue weighted by Crippen LogP contribution is -1.97. The van der Waals surface area contributed by atoms with E-state index in [4.69, 9.17) is 5.73 Å².